The summed E-state index contributed by atoms with van der Waals surface area (Å²) in [7, 11) is 0. The molecule has 0 aliphatic carbocycles. The topological polar surface area (TPSA) is 100 Å². The van der Waals surface area contributed by atoms with Gasteiger partial charge in [-0.15, -0.1) is 11.8 Å². The number of benzene rings is 4. The maximum absolute atomic E-state index is 13.4. The van der Waals surface area contributed by atoms with Crippen molar-refractivity contribution in [1.29, 1.82) is 0 Å². The fraction of sp³-hybridized carbons (Fsp3) is 0.0571. The lowest BCUT2D eigenvalue weighted by molar-refractivity contribution is -0.114. The number of nitrogens with one attached hydrogen (secondary N) is 3. The Kier molecular flexibility index (Phi) is 10.1. The van der Waals surface area contributed by atoms with Crippen LogP contribution in [0.4, 0.5) is 11.4 Å². The molecule has 0 spiro atoms. The number of amides is 3. The van der Waals surface area contributed by atoms with Crippen molar-refractivity contribution < 1.29 is 18.8 Å². The summed E-state index contributed by atoms with van der Waals surface area (Å²) in [6, 6.07) is 34.6. The van der Waals surface area contributed by atoms with Crippen LogP contribution in [-0.2, 0) is 9.59 Å². The molecule has 0 saturated carbocycles. The minimum absolute atomic E-state index is 0.0155. The number of rotatable bonds is 10. The van der Waals surface area contributed by atoms with Gasteiger partial charge < -0.3 is 20.4 Å². The van der Waals surface area contributed by atoms with E-state index in [0.717, 1.165) is 26.2 Å². The first-order valence-electron chi connectivity index (χ1n) is 13.7. The first-order chi connectivity index (χ1) is 21.3. The van der Waals surface area contributed by atoms with Crippen LogP contribution in [0.5, 0.6) is 0 Å². The van der Waals surface area contributed by atoms with Gasteiger partial charge in [0, 0.05) is 37.9 Å². The quantitative estimate of drug-likeness (QED) is 0.103. The van der Waals surface area contributed by atoms with Crippen molar-refractivity contribution >= 4 is 62.9 Å². The Morgan fingerprint density at radius 1 is 0.773 bits per heavy atom. The third-order valence-electron chi connectivity index (χ3n) is 6.39. The van der Waals surface area contributed by atoms with Crippen molar-refractivity contribution in [1.82, 2.24) is 5.32 Å². The van der Waals surface area contributed by atoms with Crippen molar-refractivity contribution in [3.05, 3.63) is 142 Å². The van der Waals surface area contributed by atoms with E-state index in [2.05, 4.69) is 31.9 Å². The van der Waals surface area contributed by atoms with E-state index in [1.54, 1.807) is 48.5 Å². The molecule has 1 aromatic heterocycles. The summed E-state index contributed by atoms with van der Waals surface area (Å²) in [6.45, 7) is 1.99. The molecular formula is C35H28BrN3O4S. The highest BCUT2D eigenvalue weighted by Crippen LogP contribution is 2.26. The highest BCUT2D eigenvalue weighted by atomic mass is 79.9. The summed E-state index contributed by atoms with van der Waals surface area (Å²) in [4.78, 5) is 39.6. The second kappa shape index (κ2) is 14.5. The Hall–Kier alpha value is -4.86. The number of thioether (sulfide) groups is 1. The van der Waals surface area contributed by atoms with Crippen molar-refractivity contribution in [2.75, 3.05) is 16.4 Å². The summed E-state index contributed by atoms with van der Waals surface area (Å²) in [5, 5.41) is 8.44. The van der Waals surface area contributed by atoms with Crippen molar-refractivity contribution in [3.8, 4) is 11.3 Å². The highest BCUT2D eigenvalue weighted by molar-refractivity contribution is 9.10. The molecule has 1 heterocycles. The molecular weight excluding hydrogens is 638 g/mol. The number of hydrogen-bond donors (Lipinski definition) is 3. The van der Waals surface area contributed by atoms with Crippen molar-refractivity contribution in [2.45, 2.75) is 11.8 Å². The molecule has 0 bridgehead atoms. The van der Waals surface area contributed by atoms with E-state index in [1.165, 1.54) is 17.8 Å². The van der Waals surface area contributed by atoms with Gasteiger partial charge in [-0.25, -0.2) is 0 Å². The Bertz CT molecular complexity index is 1780. The first kappa shape index (κ1) is 30.6. The van der Waals surface area contributed by atoms with E-state index in [4.69, 9.17) is 4.42 Å². The fourth-order valence-corrected chi connectivity index (χ4v) is 5.06. The van der Waals surface area contributed by atoms with Crippen LogP contribution in [0.25, 0.3) is 17.4 Å². The number of aryl methyl sites for hydroxylation is 1. The molecule has 220 valence electrons. The van der Waals surface area contributed by atoms with E-state index < -0.39 is 11.8 Å². The molecule has 0 aliphatic heterocycles. The molecule has 3 amide bonds. The lowest BCUT2D eigenvalue weighted by atomic mass is 10.2. The molecule has 0 saturated heterocycles. The molecule has 5 rings (SSSR count). The van der Waals surface area contributed by atoms with Gasteiger partial charge in [-0.1, -0.05) is 64.0 Å². The van der Waals surface area contributed by atoms with Gasteiger partial charge in [-0.3, -0.25) is 14.4 Å². The fourth-order valence-electron chi connectivity index (χ4n) is 4.10. The molecule has 7 nitrogen and oxygen atoms in total. The Labute approximate surface area is 267 Å². The zero-order valence-corrected chi connectivity index (χ0v) is 26.1. The number of halogens is 1. The molecule has 0 aliphatic rings. The standard InChI is InChI=1S/C35H28BrN3O4S/c1-23-7-13-27(14-8-23)37-33(40)22-44-30-18-15-28(16-19-30)38-35(42)31(39-34(41)25-5-3-2-4-6-25)21-29-17-20-32(43-29)24-9-11-26(36)12-10-24/h2-21H,22H2,1H3,(H,37,40)(H,38,42)(H,39,41). The Balaban J connectivity index is 1.26. The Morgan fingerprint density at radius 3 is 2.14 bits per heavy atom. The molecule has 0 unspecified atom stereocenters. The third kappa shape index (κ3) is 8.59. The van der Waals surface area contributed by atoms with Gasteiger partial charge in [0.1, 0.15) is 17.2 Å². The van der Waals surface area contributed by atoms with Crippen LogP contribution in [-0.4, -0.2) is 23.5 Å². The van der Waals surface area contributed by atoms with Gasteiger partial charge >= 0.3 is 0 Å². The molecule has 0 radical (unpaired) electrons. The van der Waals surface area contributed by atoms with E-state index in [-0.39, 0.29) is 17.4 Å². The minimum atomic E-state index is -0.520. The lowest BCUT2D eigenvalue weighted by Crippen LogP contribution is -2.30. The van der Waals surface area contributed by atoms with Crippen LogP contribution in [0, 0.1) is 6.92 Å². The van der Waals surface area contributed by atoms with Gasteiger partial charge in [0.05, 0.1) is 5.75 Å². The summed E-state index contributed by atoms with van der Waals surface area (Å²) < 4.78 is 6.92. The second-order valence-electron chi connectivity index (χ2n) is 9.77. The second-order valence-corrected chi connectivity index (χ2v) is 11.7. The van der Waals surface area contributed by atoms with Gasteiger partial charge in [0.2, 0.25) is 5.91 Å². The van der Waals surface area contributed by atoms with Crippen molar-refractivity contribution in [2.24, 2.45) is 0 Å². The van der Waals surface area contributed by atoms with Crippen LogP contribution >= 0.6 is 27.7 Å². The maximum atomic E-state index is 13.4. The molecule has 3 N–H and O–H groups in total. The van der Waals surface area contributed by atoms with Crippen LogP contribution in [0.2, 0.25) is 0 Å². The monoisotopic (exact) mass is 665 g/mol. The van der Waals surface area contributed by atoms with Gasteiger partial charge in [-0.2, -0.15) is 0 Å². The lowest BCUT2D eigenvalue weighted by Gasteiger charge is -2.11. The average molecular weight is 667 g/mol. The zero-order chi connectivity index (χ0) is 30.9. The smallest absolute Gasteiger partial charge is 0.272 e. The number of hydrogen-bond acceptors (Lipinski definition) is 5. The zero-order valence-electron chi connectivity index (χ0n) is 23.7. The minimum Gasteiger partial charge on any atom is -0.457 e. The first-order valence-corrected chi connectivity index (χ1v) is 15.4. The largest absolute Gasteiger partial charge is 0.457 e. The number of anilines is 2. The molecule has 0 fully saturated rings. The van der Waals surface area contributed by atoms with E-state index in [9.17, 15) is 14.4 Å². The normalized spacial score (nSPS) is 11.1. The number of carbonyl (C=O) groups is 3. The van der Waals surface area contributed by atoms with Gasteiger partial charge in [-0.05, 0) is 79.7 Å². The maximum Gasteiger partial charge on any atom is 0.272 e. The SMILES string of the molecule is Cc1ccc(NC(=O)CSc2ccc(NC(=O)C(=Cc3ccc(-c4ccc(Br)cc4)o3)NC(=O)c3ccccc3)cc2)cc1. The summed E-state index contributed by atoms with van der Waals surface area (Å²) in [5.74, 6) is 0.205. The summed E-state index contributed by atoms with van der Waals surface area (Å²) >= 11 is 4.81. The number of carbonyl (C=O) groups excluding carboxylic acids is 3. The number of furan rings is 1. The van der Waals surface area contributed by atoms with Crippen molar-refractivity contribution in [3.63, 3.8) is 0 Å². The molecule has 0 atom stereocenters. The Morgan fingerprint density at radius 2 is 1.43 bits per heavy atom. The molecule has 44 heavy (non-hydrogen) atoms. The summed E-state index contributed by atoms with van der Waals surface area (Å²) in [5.41, 5.74) is 3.70. The van der Waals surface area contributed by atoms with E-state index in [0.29, 0.717) is 22.8 Å². The van der Waals surface area contributed by atoms with Gasteiger partial charge in [0.15, 0.2) is 0 Å². The molecule has 9 heteroatoms. The van der Waals surface area contributed by atoms with Gasteiger partial charge in [0.25, 0.3) is 11.8 Å². The van der Waals surface area contributed by atoms with E-state index in [1.807, 2.05) is 73.7 Å². The highest BCUT2D eigenvalue weighted by Gasteiger charge is 2.16. The predicted octanol–water partition coefficient (Wildman–Crippen LogP) is 8.16. The molecule has 4 aromatic carbocycles. The van der Waals surface area contributed by atoms with E-state index >= 15 is 0 Å². The van der Waals surface area contributed by atoms with Crippen LogP contribution in [0.3, 0.4) is 0 Å². The molecule has 5 aromatic rings. The average Bonchev–Trinajstić information content (AvgIpc) is 3.51. The summed E-state index contributed by atoms with van der Waals surface area (Å²) in [6.07, 6.45) is 1.50. The van der Waals surface area contributed by atoms with Crippen LogP contribution in [0.1, 0.15) is 21.7 Å². The van der Waals surface area contributed by atoms with Crippen LogP contribution in [0.15, 0.2) is 135 Å². The van der Waals surface area contributed by atoms with Crippen LogP contribution < -0.4 is 16.0 Å². The third-order valence-corrected chi connectivity index (χ3v) is 7.93. The predicted molar refractivity (Wildman–Crippen MR) is 179 cm³/mol.